The van der Waals surface area contributed by atoms with Gasteiger partial charge in [-0.2, -0.15) is 0 Å². The molecule has 160 valence electrons. The van der Waals surface area contributed by atoms with E-state index in [0.29, 0.717) is 6.42 Å². The van der Waals surface area contributed by atoms with Crippen molar-refractivity contribution in [1.29, 1.82) is 0 Å². The highest BCUT2D eigenvalue weighted by Crippen LogP contribution is 2.37. The van der Waals surface area contributed by atoms with Gasteiger partial charge in [-0.3, -0.25) is 4.39 Å². The third kappa shape index (κ3) is 10.6. The predicted molar refractivity (Wildman–Crippen MR) is 115 cm³/mol. The minimum Gasteiger partial charge on any atom is -0.251 e. The van der Waals surface area contributed by atoms with Crippen LogP contribution in [0.1, 0.15) is 111 Å². The van der Waals surface area contributed by atoms with Crippen molar-refractivity contribution in [2.45, 2.75) is 111 Å². The highest BCUT2D eigenvalue weighted by atomic mass is 19.1. The van der Waals surface area contributed by atoms with Gasteiger partial charge in [0.05, 0.1) is 12.5 Å². The van der Waals surface area contributed by atoms with Crippen molar-refractivity contribution in [2.75, 3.05) is 6.67 Å². The average Bonchev–Trinajstić information content (AvgIpc) is 2.66. The van der Waals surface area contributed by atoms with Gasteiger partial charge in [0.25, 0.3) is 0 Å². The maximum Gasteiger partial charge on any atom is 0.0931 e. The molecule has 27 heavy (non-hydrogen) atoms. The van der Waals surface area contributed by atoms with Crippen molar-refractivity contribution >= 4 is 0 Å². The Labute approximate surface area is 168 Å². The molecule has 1 aliphatic rings. The monoisotopic (exact) mass is 384 g/mol. The molecule has 0 aromatic carbocycles. The number of hydrogen-bond acceptors (Lipinski definition) is 0. The number of halogens is 2. The third-order valence-electron chi connectivity index (χ3n) is 7.12. The van der Waals surface area contributed by atoms with Gasteiger partial charge in [0, 0.05) is 0 Å². The smallest absolute Gasteiger partial charge is 0.0931 e. The number of hydrogen-bond donors (Lipinski definition) is 0. The first-order valence-electron chi connectivity index (χ1n) is 11.9. The van der Waals surface area contributed by atoms with E-state index in [1.807, 2.05) is 0 Å². The van der Waals surface area contributed by atoms with Crippen LogP contribution in [0.2, 0.25) is 0 Å². The molecule has 2 heteroatoms. The minimum absolute atomic E-state index is 0.112. The molecule has 1 fully saturated rings. The molecule has 0 amide bonds. The highest BCUT2D eigenvalue weighted by Gasteiger charge is 2.25. The quantitative estimate of drug-likeness (QED) is 0.280. The fourth-order valence-electron chi connectivity index (χ4n) is 5.17. The van der Waals surface area contributed by atoms with Crippen LogP contribution in [0.3, 0.4) is 0 Å². The molecule has 3 atom stereocenters. The molecule has 1 saturated carbocycles. The Kier molecular flexibility index (Phi) is 13.3. The Morgan fingerprint density at radius 2 is 1.67 bits per heavy atom. The Hall–Kier alpha value is -0.400. The van der Waals surface area contributed by atoms with Crippen molar-refractivity contribution in [3.8, 4) is 0 Å². The van der Waals surface area contributed by atoms with Crippen LogP contribution < -0.4 is 0 Å². The fraction of sp³-hybridized carbons (Fsp3) is 0.920. The topological polar surface area (TPSA) is 0 Å². The molecule has 0 spiro atoms. The van der Waals surface area contributed by atoms with Gasteiger partial charge in [-0.05, 0) is 75.0 Å². The van der Waals surface area contributed by atoms with Crippen molar-refractivity contribution < 1.29 is 8.78 Å². The van der Waals surface area contributed by atoms with Gasteiger partial charge in [0.2, 0.25) is 0 Å². The lowest BCUT2D eigenvalue weighted by Crippen LogP contribution is -2.20. The maximum atomic E-state index is 13.3. The van der Waals surface area contributed by atoms with Crippen LogP contribution >= 0.6 is 0 Å². The van der Waals surface area contributed by atoms with E-state index in [0.717, 1.165) is 42.9 Å². The minimum atomic E-state index is -0.287. The summed E-state index contributed by atoms with van der Waals surface area (Å²) < 4.78 is 25.8. The zero-order valence-electron chi connectivity index (χ0n) is 18.6. The lowest BCUT2D eigenvalue weighted by atomic mass is 9.73. The summed E-state index contributed by atoms with van der Waals surface area (Å²) in [4.78, 5) is 0. The summed E-state index contributed by atoms with van der Waals surface area (Å²) in [5.74, 6) is 3.62. The van der Waals surface area contributed by atoms with Crippen LogP contribution in [0.5, 0.6) is 0 Å². The Morgan fingerprint density at radius 1 is 1.00 bits per heavy atom. The van der Waals surface area contributed by atoms with Crippen LogP contribution in [0.25, 0.3) is 0 Å². The van der Waals surface area contributed by atoms with Gasteiger partial charge in [0.15, 0.2) is 0 Å². The second-order valence-corrected chi connectivity index (χ2v) is 9.32. The highest BCUT2D eigenvalue weighted by molar-refractivity contribution is 4.92. The molecule has 1 aliphatic carbocycles. The van der Waals surface area contributed by atoms with E-state index >= 15 is 0 Å². The van der Waals surface area contributed by atoms with Crippen LogP contribution in [-0.2, 0) is 0 Å². The van der Waals surface area contributed by atoms with Gasteiger partial charge >= 0.3 is 0 Å². The molecule has 0 heterocycles. The lowest BCUT2D eigenvalue weighted by molar-refractivity contribution is 0.190. The molecule has 0 nitrogen and oxygen atoms in total. The Bertz CT molecular complexity index is 378. The normalized spacial score (nSPS) is 24.6. The first-order chi connectivity index (χ1) is 13.0. The van der Waals surface area contributed by atoms with Crippen LogP contribution in [0.15, 0.2) is 11.9 Å². The van der Waals surface area contributed by atoms with Crippen molar-refractivity contribution in [3.63, 3.8) is 0 Å². The maximum absolute atomic E-state index is 13.3. The molecule has 0 aromatic heterocycles. The van der Waals surface area contributed by atoms with Crippen molar-refractivity contribution in [2.24, 2.45) is 29.6 Å². The van der Waals surface area contributed by atoms with Gasteiger partial charge in [0.1, 0.15) is 0 Å². The van der Waals surface area contributed by atoms with E-state index in [1.54, 1.807) is 6.08 Å². The fourth-order valence-corrected chi connectivity index (χ4v) is 5.17. The zero-order chi connectivity index (χ0) is 20.1. The van der Waals surface area contributed by atoms with Crippen molar-refractivity contribution in [1.82, 2.24) is 0 Å². The summed E-state index contributed by atoms with van der Waals surface area (Å²) in [5.41, 5.74) is 0. The van der Waals surface area contributed by atoms with Gasteiger partial charge in [-0.15, -0.1) is 0 Å². The summed E-state index contributed by atoms with van der Waals surface area (Å²) in [5, 5.41) is 0. The second kappa shape index (κ2) is 14.6. The molecule has 1 rings (SSSR count). The average molecular weight is 385 g/mol. The summed E-state index contributed by atoms with van der Waals surface area (Å²) in [6.07, 6.45) is 17.6. The molecule has 0 saturated heterocycles. The molecule has 3 unspecified atom stereocenters. The second-order valence-electron chi connectivity index (χ2n) is 9.32. The summed E-state index contributed by atoms with van der Waals surface area (Å²) in [6.45, 7) is 8.29. The Balaban J connectivity index is 2.34. The predicted octanol–water partition coefficient (Wildman–Crippen LogP) is 9.05. The van der Waals surface area contributed by atoms with E-state index in [2.05, 4.69) is 20.8 Å². The van der Waals surface area contributed by atoms with Gasteiger partial charge in [-0.25, -0.2) is 4.39 Å². The van der Waals surface area contributed by atoms with E-state index in [4.69, 9.17) is 0 Å². The SMILES string of the molecule is CCCC1CCC(C(C)CCC(CC)CCC(/C=C(\C)F)CCCF)CC1. The number of allylic oxidation sites excluding steroid dienone is 2. The number of rotatable bonds is 14. The summed E-state index contributed by atoms with van der Waals surface area (Å²) in [7, 11) is 0. The summed E-state index contributed by atoms with van der Waals surface area (Å²) >= 11 is 0. The molecule has 0 aliphatic heterocycles. The van der Waals surface area contributed by atoms with Crippen LogP contribution in [0, 0.1) is 29.6 Å². The third-order valence-corrected chi connectivity index (χ3v) is 7.12. The lowest BCUT2D eigenvalue weighted by Gasteiger charge is -2.33. The van der Waals surface area contributed by atoms with E-state index in [9.17, 15) is 8.78 Å². The molecule has 0 radical (unpaired) electrons. The largest absolute Gasteiger partial charge is 0.251 e. The molecule has 0 aromatic rings. The van der Waals surface area contributed by atoms with Crippen molar-refractivity contribution in [3.05, 3.63) is 11.9 Å². The molecule has 0 bridgehead atoms. The van der Waals surface area contributed by atoms with Crippen LogP contribution in [0.4, 0.5) is 8.78 Å². The van der Waals surface area contributed by atoms with E-state index in [-0.39, 0.29) is 18.4 Å². The zero-order valence-corrected chi connectivity index (χ0v) is 18.6. The van der Waals surface area contributed by atoms with Gasteiger partial charge in [-0.1, -0.05) is 71.8 Å². The summed E-state index contributed by atoms with van der Waals surface area (Å²) in [6, 6.07) is 0. The molecular weight excluding hydrogens is 338 g/mol. The standard InChI is InChI=1S/C25H46F2/c1-5-8-23-14-16-25(17-15-23)20(3)10-11-22(6-2)12-13-24(9-7-18-26)19-21(4)27/h19-20,22-25H,5-18H2,1-4H3/b21-19+. The molecule has 0 N–H and O–H groups in total. The molecular formula is C25H46F2. The van der Waals surface area contributed by atoms with Gasteiger partial charge < -0.3 is 0 Å². The van der Waals surface area contributed by atoms with Crippen LogP contribution in [-0.4, -0.2) is 6.67 Å². The van der Waals surface area contributed by atoms with E-state index in [1.165, 1.54) is 64.7 Å². The first kappa shape index (κ1) is 24.6. The number of alkyl halides is 1. The van der Waals surface area contributed by atoms with E-state index < -0.39 is 0 Å². The first-order valence-corrected chi connectivity index (χ1v) is 11.9. The Morgan fingerprint density at radius 3 is 2.22 bits per heavy atom.